The summed E-state index contributed by atoms with van der Waals surface area (Å²) in [5.41, 5.74) is 0. The third-order valence-electron chi connectivity index (χ3n) is 4.80. The Labute approximate surface area is 158 Å². The van der Waals surface area contributed by atoms with Crippen molar-refractivity contribution in [3.8, 4) is 0 Å². The lowest BCUT2D eigenvalue weighted by Crippen LogP contribution is -2.26. The van der Waals surface area contributed by atoms with Gasteiger partial charge in [-0.1, -0.05) is 96.8 Å². The lowest BCUT2D eigenvalue weighted by Gasteiger charge is -2.24. The molecule has 0 heterocycles. The molecular formula is C21H46OSSi. The quantitative estimate of drug-likeness (QED) is 0.200. The van der Waals surface area contributed by atoms with E-state index in [0.717, 1.165) is 18.1 Å². The average Bonchev–Trinajstić information content (AvgIpc) is 2.49. The first kappa shape index (κ1) is 24.5. The first-order valence-electron chi connectivity index (χ1n) is 10.7. The van der Waals surface area contributed by atoms with Crippen molar-refractivity contribution in [3.05, 3.63) is 0 Å². The summed E-state index contributed by atoms with van der Waals surface area (Å²) in [5, 5.41) is 8.71. The molecule has 0 aliphatic rings. The number of hydrogen-bond donors (Lipinski definition) is 1. The maximum absolute atomic E-state index is 8.71. The van der Waals surface area contributed by atoms with E-state index in [1.807, 2.05) is 11.8 Å². The number of aliphatic hydroxyl groups excluding tert-OH is 1. The second-order valence-corrected chi connectivity index (χ2v) is 15.2. The van der Waals surface area contributed by atoms with Crippen molar-refractivity contribution in [2.24, 2.45) is 5.92 Å². The van der Waals surface area contributed by atoms with Crippen LogP contribution in [0.5, 0.6) is 0 Å². The lowest BCUT2D eigenvalue weighted by atomic mass is 10.1. The van der Waals surface area contributed by atoms with E-state index in [2.05, 4.69) is 26.9 Å². The molecule has 0 aromatic heterocycles. The van der Waals surface area contributed by atoms with Crippen LogP contribution in [0.15, 0.2) is 0 Å². The van der Waals surface area contributed by atoms with Gasteiger partial charge < -0.3 is 5.11 Å². The van der Waals surface area contributed by atoms with Crippen LogP contribution in [0.3, 0.4) is 0 Å². The van der Waals surface area contributed by atoms with Crippen molar-refractivity contribution < 1.29 is 5.11 Å². The van der Waals surface area contributed by atoms with Gasteiger partial charge in [-0.3, -0.25) is 0 Å². The SMILES string of the molecule is CC(C)C[Si](C)(C)CCCCCCCCCCCCSCCCO. The third kappa shape index (κ3) is 18.9. The van der Waals surface area contributed by atoms with Crippen molar-refractivity contribution in [1.29, 1.82) is 0 Å². The van der Waals surface area contributed by atoms with Crippen LogP contribution in [0.25, 0.3) is 0 Å². The van der Waals surface area contributed by atoms with Crippen LogP contribution < -0.4 is 0 Å². The highest BCUT2D eigenvalue weighted by Crippen LogP contribution is 2.24. The van der Waals surface area contributed by atoms with E-state index < -0.39 is 8.07 Å². The minimum absolute atomic E-state index is 0.352. The summed E-state index contributed by atoms with van der Waals surface area (Å²) in [6.07, 6.45) is 15.4. The number of thioether (sulfide) groups is 1. The number of unbranched alkanes of at least 4 members (excludes halogenated alkanes) is 9. The summed E-state index contributed by atoms with van der Waals surface area (Å²) in [7, 11) is -0.885. The summed E-state index contributed by atoms with van der Waals surface area (Å²) >= 11 is 2.00. The molecule has 0 aromatic rings. The van der Waals surface area contributed by atoms with Gasteiger partial charge in [-0.2, -0.15) is 11.8 Å². The van der Waals surface area contributed by atoms with Crippen LogP contribution in [0.4, 0.5) is 0 Å². The van der Waals surface area contributed by atoms with Crippen LogP contribution in [-0.2, 0) is 0 Å². The molecule has 0 bridgehead atoms. The van der Waals surface area contributed by atoms with Crippen LogP contribution >= 0.6 is 11.8 Å². The van der Waals surface area contributed by atoms with Crippen LogP contribution in [-0.4, -0.2) is 31.3 Å². The van der Waals surface area contributed by atoms with E-state index in [1.165, 1.54) is 76.0 Å². The minimum Gasteiger partial charge on any atom is -0.396 e. The summed E-state index contributed by atoms with van der Waals surface area (Å²) < 4.78 is 0. The van der Waals surface area contributed by atoms with E-state index in [4.69, 9.17) is 5.11 Å². The molecule has 0 saturated carbocycles. The number of hydrogen-bond acceptors (Lipinski definition) is 2. The van der Waals surface area contributed by atoms with E-state index >= 15 is 0 Å². The van der Waals surface area contributed by atoms with Gasteiger partial charge in [0.15, 0.2) is 0 Å². The highest BCUT2D eigenvalue weighted by atomic mass is 32.2. The molecule has 0 aromatic carbocycles. The van der Waals surface area contributed by atoms with Crippen molar-refractivity contribution in [1.82, 2.24) is 0 Å². The van der Waals surface area contributed by atoms with Crippen LogP contribution in [0, 0.1) is 5.92 Å². The smallest absolute Gasteiger partial charge is 0.0476 e. The summed E-state index contributed by atoms with van der Waals surface area (Å²) in [6.45, 7) is 10.3. The Hall–Kier alpha value is 0.527. The first-order chi connectivity index (χ1) is 11.5. The Morgan fingerprint density at radius 1 is 0.708 bits per heavy atom. The Morgan fingerprint density at radius 2 is 1.17 bits per heavy atom. The monoisotopic (exact) mass is 374 g/mol. The topological polar surface area (TPSA) is 20.2 Å². The van der Waals surface area contributed by atoms with Gasteiger partial charge in [0.1, 0.15) is 0 Å². The first-order valence-corrected chi connectivity index (χ1v) is 15.2. The van der Waals surface area contributed by atoms with Gasteiger partial charge in [-0.15, -0.1) is 0 Å². The van der Waals surface area contributed by atoms with E-state index in [9.17, 15) is 0 Å². The lowest BCUT2D eigenvalue weighted by molar-refractivity contribution is 0.296. The van der Waals surface area contributed by atoms with Gasteiger partial charge in [-0.05, 0) is 30.3 Å². The van der Waals surface area contributed by atoms with Gasteiger partial charge in [0.25, 0.3) is 0 Å². The average molecular weight is 375 g/mol. The van der Waals surface area contributed by atoms with Crippen LogP contribution in [0.2, 0.25) is 25.2 Å². The minimum atomic E-state index is -0.885. The molecule has 0 radical (unpaired) electrons. The highest BCUT2D eigenvalue weighted by molar-refractivity contribution is 7.99. The fourth-order valence-corrected chi connectivity index (χ4v) is 8.26. The number of aliphatic hydroxyl groups is 1. The molecular weight excluding hydrogens is 328 g/mol. The Kier molecular flexibility index (Phi) is 17.3. The predicted octanol–water partition coefficient (Wildman–Crippen LogP) is 7.37. The molecule has 0 amide bonds. The Bertz CT molecular complexity index is 256. The van der Waals surface area contributed by atoms with Crippen LogP contribution in [0.1, 0.15) is 84.5 Å². The van der Waals surface area contributed by atoms with E-state index in [0.29, 0.717) is 6.61 Å². The molecule has 0 spiro atoms. The second kappa shape index (κ2) is 17.0. The molecule has 0 rings (SSSR count). The third-order valence-corrected chi connectivity index (χ3v) is 9.58. The molecule has 146 valence electrons. The normalized spacial score (nSPS) is 12.2. The Balaban J connectivity index is 3.18. The molecule has 1 N–H and O–H groups in total. The molecule has 0 aliphatic carbocycles. The molecule has 0 fully saturated rings. The summed E-state index contributed by atoms with van der Waals surface area (Å²) in [6, 6.07) is 3.05. The predicted molar refractivity (Wildman–Crippen MR) is 117 cm³/mol. The Morgan fingerprint density at radius 3 is 1.67 bits per heavy atom. The fourth-order valence-electron chi connectivity index (χ4n) is 3.70. The summed E-state index contributed by atoms with van der Waals surface area (Å²) in [4.78, 5) is 0. The maximum Gasteiger partial charge on any atom is 0.0476 e. The van der Waals surface area contributed by atoms with Crippen molar-refractivity contribution in [2.45, 2.75) is 110 Å². The highest BCUT2D eigenvalue weighted by Gasteiger charge is 2.20. The molecule has 0 aliphatic heterocycles. The van der Waals surface area contributed by atoms with Crippen molar-refractivity contribution >= 4 is 19.8 Å². The van der Waals surface area contributed by atoms with Gasteiger partial charge in [0, 0.05) is 14.7 Å². The van der Waals surface area contributed by atoms with Crippen molar-refractivity contribution in [2.75, 3.05) is 18.1 Å². The molecule has 0 atom stereocenters. The fraction of sp³-hybridized carbons (Fsp3) is 1.00. The van der Waals surface area contributed by atoms with Gasteiger partial charge >= 0.3 is 0 Å². The zero-order valence-electron chi connectivity index (χ0n) is 17.2. The summed E-state index contributed by atoms with van der Waals surface area (Å²) in [5.74, 6) is 3.32. The van der Waals surface area contributed by atoms with Gasteiger partial charge in [0.2, 0.25) is 0 Å². The maximum atomic E-state index is 8.71. The standard InChI is InChI=1S/C21H46OSSi/c1-21(2)20-24(3,4)19-14-12-10-8-6-5-7-9-11-13-17-23-18-15-16-22/h21-22H,5-20H2,1-4H3. The molecule has 0 saturated heterocycles. The zero-order valence-corrected chi connectivity index (χ0v) is 19.1. The van der Waals surface area contributed by atoms with E-state index in [-0.39, 0.29) is 0 Å². The zero-order chi connectivity index (χ0) is 18.1. The molecule has 3 heteroatoms. The molecule has 1 nitrogen and oxygen atoms in total. The second-order valence-electron chi connectivity index (χ2n) is 8.74. The van der Waals surface area contributed by atoms with E-state index in [1.54, 1.807) is 6.04 Å². The molecule has 24 heavy (non-hydrogen) atoms. The molecule has 0 unspecified atom stereocenters. The largest absolute Gasteiger partial charge is 0.396 e. The number of rotatable bonds is 18. The van der Waals surface area contributed by atoms with Gasteiger partial charge in [0.05, 0.1) is 0 Å². The van der Waals surface area contributed by atoms with Crippen molar-refractivity contribution in [3.63, 3.8) is 0 Å². The van der Waals surface area contributed by atoms with Gasteiger partial charge in [-0.25, -0.2) is 0 Å².